The van der Waals surface area contributed by atoms with Crippen molar-refractivity contribution in [2.75, 3.05) is 7.11 Å². The molecule has 1 fully saturated rings. The molecule has 30 heavy (non-hydrogen) atoms. The Bertz CT molecular complexity index is 982. The molecule has 3 aromatic rings. The lowest BCUT2D eigenvalue weighted by Gasteiger charge is -2.17. The fourth-order valence-electron chi connectivity index (χ4n) is 3.68. The highest BCUT2D eigenvalue weighted by Gasteiger charge is 2.24. The fourth-order valence-corrected chi connectivity index (χ4v) is 4.56. The van der Waals surface area contributed by atoms with Gasteiger partial charge in [0.2, 0.25) is 5.91 Å². The van der Waals surface area contributed by atoms with E-state index in [1.165, 1.54) is 24.6 Å². The van der Waals surface area contributed by atoms with Crippen LogP contribution in [0.4, 0.5) is 0 Å². The van der Waals surface area contributed by atoms with Gasteiger partial charge in [-0.3, -0.25) is 9.36 Å². The van der Waals surface area contributed by atoms with Crippen molar-refractivity contribution in [3.63, 3.8) is 0 Å². The highest BCUT2D eigenvalue weighted by atomic mass is 32.2. The molecule has 7 heteroatoms. The van der Waals surface area contributed by atoms with E-state index in [9.17, 15) is 4.79 Å². The second-order valence-corrected chi connectivity index (χ2v) is 8.76. The van der Waals surface area contributed by atoms with E-state index in [1.54, 1.807) is 7.11 Å². The number of aromatic nitrogens is 3. The monoisotopic (exact) mass is 422 g/mol. The molecular formula is C23H26N4O2S. The third-order valence-corrected chi connectivity index (χ3v) is 6.39. The van der Waals surface area contributed by atoms with Crippen LogP contribution in [0.15, 0.2) is 59.8 Å². The summed E-state index contributed by atoms with van der Waals surface area (Å²) in [6.45, 7) is 1.92. The average molecular weight is 423 g/mol. The third-order valence-electron chi connectivity index (χ3n) is 5.35. The zero-order valence-electron chi connectivity index (χ0n) is 17.2. The summed E-state index contributed by atoms with van der Waals surface area (Å²) in [5.41, 5.74) is 1.89. The Balaban J connectivity index is 1.62. The standard InChI is InChI=1S/C23H26N4O2S/c1-16(22(28)24-18-8-6-7-9-18)30-23-26-25-21(17-12-14-20(29-2)15-13-17)27(23)19-10-4-3-5-11-19/h3-5,10-16,18H,6-9H2,1-2H3,(H,24,28). The molecule has 156 valence electrons. The lowest BCUT2D eigenvalue weighted by Crippen LogP contribution is -2.37. The zero-order chi connectivity index (χ0) is 20.9. The van der Waals surface area contributed by atoms with Crippen LogP contribution < -0.4 is 10.1 Å². The second-order valence-electron chi connectivity index (χ2n) is 7.46. The highest BCUT2D eigenvalue weighted by Crippen LogP contribution is 2.31. The minimum Gasteiger partial charge on any atom is -0.497 e. The second kappa shape index (κ2) is 9.34. The first kappa shape index (κ1) is 20.5. The molecule has 1 heterocycles. The number of ether oxygens (including phenoxy) is 1. The number of rotatable bonds is 7. The summed E-state index contributed by atoms with van der Waals surface area (Å²) in [6.07, 6.45) is 4.54. The number of thioether (sulfide) groups is 1. The molecule has 1 aliphatic carbocycles. The first-order valence-electron chi connectivity index (χ1n) is 10.3. The van der Waals surface area contributed by atoms with Crippen molar-refractivity contribution in [1.29, 1.82) is 0 Å². The summed E-state index contributed by atoms with van der Waals surface area (Å²) >= 11 is 1.43. The van der Waals surface area contributed by atoms with Crippen molar-refractivity contribution < 1.29 is 9.53 Å². The van der Waals surface area contributed by atoms with E-state index in [-0.39, 0.29) is 11.2 Å². The molecule has 0 saturated heterocycles. The summed E-state index contributed by atoms with van der Waals surface area (Å²) in [5, 5.41) is 12.5. The summed E-state index contributed by atoms with van der Waals surface area (Å²) in [7, 11) is 1.65. The Morgan fingerprint density at radius 2 is 1.80 bits per heavy atom. The molecule has 0 radical (unpaired) electrons. The summed E-state index contributed by atoms with van der Waals surface area (Å²) in [5.74, 6) is 1.58. The Hall–Kier alpha value is -2.80. The molecule has 1 N–H and O–H groups in total. The maximum Gasteiger partial charge on any atom is 0.233 e. The van der Waals surface area contributed by atoms with E-state index >= 15 is 0 Å². The van der Waals surface area contributed by atoms with E-state index in [0.717, 1.165) is 35.7 Å². The maximum atomic E-state index is 12.7. The van der Waals surface area contributed by atoms with Crippen LogP contribution in [0.25, 0.3) is 17.1 Å². The van der Waals surface area contributed by atoms with Gasteiger partial charge in [0.15, 0.2) is 11.0 Å². The van der Waals surface area contributed by atoms with Crippen molar-refractivity contribution in [3.8, 4) is 22.8 Å². The molecular weight excluding hydrogens is 396 g/mol. The van der Waals surface area contributed by atoms with Gasteiger partial charge in [0.1, 0.15) is 5.75 Å². The van der Waals surface area contributed by atoms with Crippen LogP contribution >= 0.6 is 11.8 Å². The SMILES string of the molecule is COc1ccc(-c2nnc(SC(C)C(=O)NC3CCCC3)n2-c2ccccc2)cc1. The van der Waals surface area contributed by atoms with Crippen LogP contribution in [0.3, 0.4) is 0 Å². The van der Waals surface area contributed by atoms with Crippen molar-refractivity contribution in [2.45, 2.75) is 49.1 Å². The minimum absolute atomic E-state index is 0.0560. The molecule has 0 aliphatic heterocycles. The van der Waals surface area contributed by atoms with Crippen molar-refractivity contribution in [3.05, 3.63) is 54.6 Å². The van der Waals surface area contributed by atoms with Gasteiger partial charge in [-0.2, -0.15) is 0 Å². The van der Waals surface area contributed by atoms with E-state index in [2.05, 4.69) is 15.5 Å². The molecule has 0 spiro atoms. The molecule has 0 bridgehead atoms. The van der Waals surface area contributed by atoms with Gasteiger partial charge in [-0.05, 0) is 56.2 Å². The molecule has 1 aromatic heterocycles. The predicted octanol–water partition coefficient (Wildman–Crippen LogP) is 4.48. The number of nitrogens with one attached hydrogen (secondary N) is 1. The number of methoxy groups -OCH3 is 1. The van der Waals surface area contributed by atoms with Gasteiger partial charge in [-0.25, -0.2) is 0 Å². The number of carbonyl (C=O) groups excluding carboxylic acids is 1. The van der Waals surface area contributed by atoms with Gasteiger partial charge in [0.05, 0.1) is 12.4 Å². The Morgan fingerprint density at radius 3 is 2.47 bits per heavy atom. The Labute approximate surface area is 181 Å². The molecule has 4 rings (SSSR count). The van der Waals surface area contributed by atoms with Crippen LogP contribution in [0.5, 0.6) is 5.75 Å². The van der Waals surface area contributed by atoms with E-state index < -0.39 is 0 Å². The van der Waals surface area contributed by atoms with Crippen molar-refractivity contribution in [1.82, 2.24) is 20.1 Å². The number of hydrogen-bond donors (Lipinski definition) is 1. The Morgan fingerprint density at radius 1 is 1.10 bits per heavy atom. The van der Waals surface area contributed by atoms with Crippen LogP contribution in [0.2, 0.25) is 0 Å². The number of amides is 1. The summed E-state index contributed by atoms with van der Waals surface area (Å²) < 4.78 is 7.27. The number of benzene rings is 2. The van der Waals surface area contributed by atoms with Crippen LogP contribution in [0.1, 0.15) is 32.6 Å². The average Bonchev–Trinajstić information content (AvgIpc) is 3.44. The quantitative estimate of drug-likeness (QED) is 0.569. The smallest absolute Gasteiger partial charge is 0.233 e. The molecule has 6 nitrogen and oxygen atoms in total. The first-order chi connectivity index (χ1) is 14.7. The van der Waals surface area contributed by atoms with Crippen molar-refractivity contribution in [2.24, 2.45) is 0 Å². The van der Waals surface area contributed by atoms with Gasteiger partial charge in [-0.15, -0.1) is 10.2 Å². The van der Waals surface area contributed by atoms with E-state index in [1.807, 2.05) is 66.1 Å². The van der Waals surface area contributed by atoms with Gasteiger partial charge in [0.25, 0.3) is 0 Å². The van der Waals surface area contributed by atoms with Crippen LogP contribution in [0, 0.1) is 0 Å². The summed E-state index contributed by atoms with van der Waals surface area (Å²) in [4.78, 5) is 12.7. The zero-order valence-corrected chi connectivity index (χ0v) is 18.1. The van der Waals surface area contributed by atoms with Crippen molar-refractivity contribution >= 4 is 17.7 Å². The maximum absolute atomic E-state index is 12.7. The third kappa shape index (κ3) is 4.51. The minimum atomic E-state index is -0.263. The molecule has 2 aromatic carbocycles. The lowest BCUT2D eigenvalue weighted by atomic mass is 10.2. The molecule has 1 aliphatic rings. The highest BCUT2D eigenvalue weighted by molar-refractivity contribution is 8.00. The molecule has 1 atom stereocenters. The number of para-hydroxylation sites is 1. The van der Waals surface area contributed by atoms with Gasteiger partial charge in [0, 0.05) is 17.3 Å². The van der Waals surface area contributed by atoms with Gasteiger partial charge in [-0.1, -0.05) is 42.8 Å². The van der Waals surface area contributed by atoms with E-state index in [0.29, 0.717) is 11.2 Å². The molecule has 1 amide bonds. The molecule has 1 unspecified atom stereocenters. The predicted molar refractivity (Wildman–Crippen MR) is 119 cm³/mol. The largest absolute Gasteiger partial charge is 0.497 e. The first-order valence-corrected chi connectivity index (χ1v) is 11.2. The summed E-state index contributed by atoms with van der Waals surface area (Å²) in [6, 6.07) is 18.0. The van der Waals surface area contributed by atoms with Crippen LogP contribution in [-0.4, -0.2) is 39.1 Å². The topological polar surface area (TPSA) is 69.0 Å². The van der Waals surface area contributed by atoms with Crippen LogP contribution in [-0.2, 0) is 4.79 Å². The lowest BCUT2D eigenvalue weighted by molar-refractivity contribution is -0.120. The molecule has 1 saturated carbocycles. The number of nitrogens with zero attached hydrogens (tertiary/aromatic N) is 3. The fraction of sp³-hybridized carbons (Fsp3) is 0.348. The van der Waals surface area contributed by atoms with Gasteiger partial charge < -0.3 is 10.1 Å². The number of carbonyl (C=O) groups is 1. The normalized spacial score (nSPS) is 15.1. The van der Waals surface area contributed by atoms with Gasteiger partial charge >= 0.3 is 0 Å². The van der Waals surface area contributed by atoms with E-state index in [4.69, 9.17) is 4.74 Å². The Kier molecular flexibility index (Phi) is 6.38. The number of hydrogen-bond acceptors (Lipinski definition) is 5.